The maximum absolute atomic E-state index is 10.4. The molecule has 0 saturated heterocycles. The average Bonchev–Trinajstić information content (AvgIpc) is 2.81. The Balaban J connectivity index is 2.77. The summed E-state index contributed by atoms with van der Waals surface area (Å²) in [4.78, 5) is 0. The van der Waals surface area contributed by atoms with Crippen LogP contribution in [0, 0.1) is 0 Å². The lowest BCUT2D eigenvalue weighted by Crippen LogP contribution is -2.13. The van der Waals surface area contributed by atoms with E-state index in [2.05, 4.69) is 27.7 Å². The Morgan fingerprint density at radius 2 is 0.913 bits per heavy atom. The number of benzene rings is 1. The van der Waals surface area contributed by atoms with Gasteiger partial charge < -0.3 is 14.9 Å². The zero-order chi connectivity index (χ0) is 17.0. The van der Waals surface area contributed by atoms with Crippen LogP contribution in [0.1, 0.15) is 99.3 Å². The van der Waals surface area contributed by atoms with Gasteiger partial charge in [-0.15, -0.1) is 0 Å². The van der Waals surface area contributed by atoms with Crippen LogP contribution >= 0.6 is 0 Å². The maximum atomic E-state index is 10.4. The van der Waals surface area contributed by atoms with Gasteiger partial charge in [0.1, 0.15) is 0 Å². The highest BCUT2D eigenvalue weighted by Gasteiger charge is 2.36. The minimum absolute atomic E-state index is 0.867. The van der Waals surface area contributed by atoms with Gasteiger partial charge in [-0.2, -0.15) is 0 Å². The van der Waals surface area contributed by atoms with Gasteiger partial charge in [-0.1, -0.05) is 53.4 Å². The summed E-state index contributed by atoms with van der Waals surface area (Å²) >= 11 is 0. The molecule has 0 bridgehead atoms. The van der Waals surface area contributed by atoms with Crippen molar-refractivity contribution < 1.29 is 14.9 Å². The molecule has 0 spiro atoms. The fourth-order valence-corrected chi connectivity index (χ4v) is 4.01. The van der Waals surface area contributed by atoms with Crippen LogP contribution in [0.2, 0.25) is 0 Å². The highest BCUT2D eigenvalue weighted by Crippen LogP contribution is 2.45. The van der Waals surface area contributed by atoms with E-state index in [-0.39, 0.29) is 0 Å². The van der Waals surface area contributed by atoms with Crippen LogP contribution in [0.4, 0.5) is 0 Å². The lowest BCUT2D eigenvalue weighted by Gasteiger charge is -2.24. The summed E-state index contributed by atoms with van der Waals surface area (Å²) in [6.45, 7) is 8.75. The molecule has 2 unspecified atom stereocenters. The number of hydrogen-bond acceptors (Lipinski definition) is 3. The van der Waals surface area contributed by atoms with Crippen molar-refractivity contribution in [1.29, 1.82) is 0 Å². The van der Waals surface area contributed by atoms with Gasteiger partial charge in [0.25, 0.3) is 0 Å². The molecule has 0 amide bonds. The third kappa shape index (κ3) is 3.47. The number of hydrogen-bond donors (Lipinski definition) is 2. The molecule has 1 heterocycles. The first-order chi connectivity index (χ1) is 11.1. The van der Waals surface area contributed by atoms with Gasteiger partial charge in [0.2, 0.25) is 0 Å². The van der Waals surface area contributed by atoms with E-state index in [1.807, 2.05) is 0 Å². The second kappa shape index (κ2) is 8.27. The minimum atomic E-state index is -0.983. The molecule has 23 heavy (non-hydrogen) atoms. The zero-order valence-corrected chi connectivity index (χ0v) is 15.1. The predicted molar refractivity (Wildman–Crippen MR) is 93.4 cm³/mol. The Bertz CT molecular complexity index is 489. The highest BCUT2D eigenvalue weighted by molar-refractivity contribution is 5.55. The van der Waals surface area contributed by atoms with Crippen LogP contribution in [0.5, 0.6) is 0 Å². The fourth-order valence-electron chi connectivity index (χ4n) is 4.01. The predicted octanol–water partition coefficient (Wildman–Crippen LogP) is 4.51. The third-order valence-electron chi connectivity index (χ3n) is 4.78. The van der Waals surface area contributed by atoms with E-state index in [4.69, 9.17) is 4.74 Å². The second-order valence-electron chi connectivity index (χ2n) is 6.58. The molecule has 0 radical (unpaired) electrons. The zero-order valence-electron chi connectivity index (χ0n) is 15.1. The molecule has 1 aliphatic heterocycles. The molecule has 0 fully saturated rings. The van der Waals surface area contributed by atoms with Gasteiger partial charge in [0, 0.05) is 11.1 Å². The first-order valence-electron chi connectivity index (χ1n) is 9.31. The Labute approximate surface area is 140 Å². The summed E-state index contributed by atoms with van der Waals surface area (Å²) in [6, 6.07) is 0. The van der Waals surface area contributed by atoms with Gasteiger partial charge in [-0.3, -0.25) is 0 Å². The quantitative estimate of drug-likeness (QED) is 0.741. The Morgan fingerprint density at radius 3 is 1.22 bits per heavy atom. The summed E-state index contributed by atoms with van der Waals surface area (Å²) in [6.07, 6.45) is 6.24. The first kappa shape index (κ1) is 18.4. The van der Waals surface area contributed by atoms with E-state index >= 15 is 0 Å². The summed E-state index contributed by atoms with van der Waals surface area (Å²) in [5.41, 5.74) is 7.02. The van der Waals surface area contributed by atoms with E-state index in [1.54, 1.807) is 0 Å². The van der Waals surface area contributed by atoms with Crippen LogP contribution in [-0.4, -0.2) is 10.2 Å². The smallest absolute Gasteiger partial charge is 0.185 e. The average molecular weight is 320 g/mol. The van der Waals surface area contributed by atoms with E-state index in [1.165, 1.54) is 22.3 Å². The minimum Gasteiger partial charge on any atom is -0.364 e. The maximum Gasteiger partial charge on any atom is 0.185 e. The van der Waals surface area contributed by atoms with Crippen LogP contribution in [0.25, 0.3) is 0 Å². The monoisotopic (exact) mass is 320 g/mol. The Hall–Kier alpha value is -0.900. The Morgan fingerprint density at radius 1 is 0.609 bits per heavy atom. The topological polar surface area (TPSA) is 49.7 Å². The molecule has 0 aromatic heterocycles. The molecule has 0 saturated carbocycles. The largest absolute Gasteiger partial charge is 0.364 e. The van der Waals surface area contributed by atoms with E-state index in [9.17, 15) is 10.2 Å². The van der Waals surface area contributed by atoms with E-state index in [0.717, 1.165) is 62.5 Å². The first-order valence-corrected chi connectivity index (χ1v) is 9.31. The van der Waals surface area contributed by atoms with Crippen molar-refractivity contribution in [3.63, 3.8) is 0 Å². The fraction of sp³-hybridized carbons (Fsp3) is 0.700. The van der Waals surface area contributed by atoms with Gasteiger partial charge >= 0.3 is 0 Å². The van der Waals surface area contributed by atoms with Crippen molar-refractivity contribution in [3.05, 3.63) is 33.4 Å². The van der Waals surface area contributed by atoms with Crippen molar-refractivity contribution in [2.75, 3.05) is 0 Å². The number of ether oxygens (including phenoxy) is 1. The van der Waals surface area contributed by atoms with Crippen molar-refractivity contribution in [2.24, 2.45) is 0 Å². The molecule has 1 aromatic rings. The number of rotatable bonds is 8. The van der Waals surface area contributed by atoms with Crippen LogP contribution < -0.4 is 0 Å². The van der Waals surface area contributed by atoms with Crippen molar-refractivity contribution >= 4 is 0 Å². The third-order valence-corrected chi connectivity index (χ3v) is 4.78. The Kier molecular flexibility index (Phi) is 6.63. The van der Waals surface area contributed by atoms with Crippen molar-refractivity contribution in [3.8, 4) is 0 Å². The van der Waals surface area contributed by atoms with Gasteiger partial charge in [0.15, 0.2) is 12.6 Å². The molecular formula is C20H32O3. The molecule has 0 aliphatic carbocycles. The molecule has 3 heteroatoms. The number of aliphatic hydroxyl groups excluding tert-OH is 2. The van der Waals surface area contributed by atoms with Gasteiger partial charge in [-0.05, 0) is 47.9 Å². The lowest BCUT2D eigenvalue weighted by molar-refractivity contribution is -0.194. The molecule has 2 atom stereocenters. The summed E-state index contributed by atoms with van der Waals surface area (Å²) in [7, 11) is 0. The van der Waals surface area contributed by atoms with E-state index in [0.29, 0.717) is 0 Å². The standard InChI is InChI=1S/C20H32O3/c1-5-9-13-14(10-6-2)16(12-8-4)18-17(15(13)11-7-3)19(21)23-20(18)22/h19-22H,5-12H2,1-4H3. The summed E-state index contributed by atoms with van der Waals surface area (Å²) < 4.78 is 5.38. The van der Waals surface area contributed by atoms with Crippen LogP contribution in [0.3, 0.4) is 0 Å². The molecule has 130 valence electrons. The number of aliphatic hydroxyl groups is 2. The second-order valence-corrected chi connectivity index (χ2v) is 6.58. The SMILES string of the molecule is CCCc1c(CCC)c(CCC)c2c(c1CCC)C(O)OC2O. The molecule has 3 nitrogen and oxygen atoms in total. The van der Waals surface area contributed by atoms with Crippen LogP contribution in [-0.2, 0) is 30.4 Å². The van der Waals surface area contributed by atoms with Crippen molar-refractivity contribution in [2.45, 2.75) is 91.6 Å². The van der Waals surface area contributed by atoms with Gasteiger partial charge in [-0.25, -0.2) is 0 Å². The van der Waals surface area contributed by atoms with Gasteiger partial charge in [0.05, 0.1) is 0 Å². The summed E-state index contributed by atoms with van der Waals surface area (Å²) in [5.74, 6) is 0. The van der Waals surface area contributed by atoms with Crippen LogP contribution in [0.15, 0.2) is 0 Å². The van der Waals surface area contributed by atoms with E-state index < -0.39 is 12.6 Å². The summed E-state index contributed by atoms with van der Waals surface area (Å²) in [5, 5.41) is 20.8. The van der Waals surface area contributed by atoms with Crippen molar-refractivity contribution in [1.82, 2.24) is 0 Å². The molecule has 1 aliphatic rings. The molecule has 2 rings (SSSR count). The molecule has 1 aromatic carbocycles. The number of fused-ring (bicyclic) bond motifs is 1. The normalized spacial score (nSPS) is 20.1. The molecule has 2 N–H and O–H groups in total. The molecular weight excluding hydrogens is 288 g/mol. The lowest BCUT2D eigenvalue weighted by atomic mass is 9.81. The highest BCUT2D eigenvalue weighted by atomic mass is 16.7.